The first-order chi connectivity index (χ1) is 8.27. The Labute approximate surface area is 114 Å². The standard InChI is InChI=1S/C15H30O2Si/c1-7-8-10-15(17-18(5)6)11-9-12(2)13(16)14(15,3)4/h12,18H,7-11H2,1-6H3. The lowest BCUT2D eigenvalue weighted by molar-refractivity contribution is -0.155. The number of carbonyl (C=O) groups is 1. The van der Waals surface area contributed by atoms with E-state index in [0.29, 0.717) is 5.78 Å². The van der Waals surface area contributed by atoms with Crippen LogP contribution in [0.4, 0.5) is 0 Å². The van der Waals surface area contributed by atoms with Gasteiger partial charge in [-0.1, -0.05) is 40.5 Å². The Morgan fingerprint density at radius 2 is 2.00 bits per heavy atom. The van der Waals surface area contributed by atoms with E-state index in [0.717, 1.165) is 25.7 Å². The molecule has 1 rings (SSSR count). The van der Waals surface area contributed by atoms with E-state index in [-0.39, 0.29) is 16.9 Å². The Balaban J connectivity index is 3.03. The predicted octanol–water partition coefficient (Wildman–Crippen LogP) is 3.94. The van der Waals surface area contributed by atoms with Gasteiger partial charge in [0.05, 0.1) is 11.0 Å². The molecule has 0 spiro atoms. The van der Waals surface area contributed by atoms with Gasteiger partial charge in [0, 0.05) is 5.92 Å². The van der Waals surface area contributed by atoms with Gasteiger partial charge in [0.2, 0.25) is 0 Å². The molecule has 0 radical (unpaired) electrons. The van der Waals surface area contributed by atoms with Crippen molar-refractivity contribution in [3.8, 4) is 0 Å². The van der Waals surface area contributed by atoms with E-state index < -0.39 is 9.04 Å². The Morgan fingerprint density at radius 3 is 2.50 bits per heavy atom. The summed E-state index contributed by atoms with van der Waals surface area (Å²) < 4.78 is 6.43. The molecule has 1 aliphatic carbocycles. The number of hydrogen-bond acceptors (Lipinski definition) is 2. The average Bonchev–Trinajstić information content (AvgIpc) is 2.28. The minimum Gasteiger partial charge on any atom is -0.414 e. The summed E-state index contributed by atoms with van der Waals surface area (Å²) in [6.45, 7) is 12.9. The third kappa shape index (κ3) is 2.88. The predicted molar refractivity (Wildman–Crippen MR) is 79.4 cm³/mol. The molecular formula is C15H30O2Si. The summed E-state index contributed by atoms with van der Waals surface area (Å²) in [4.78, 5) is 12.5. The number of rotatable bonds is 5. The largest absolute Gasteiger partial charge is 0.414 e. The van der Waals surface area contributed by atoms with E-state index in [4.69, 9.17) is 4.43 Å². The van der Waals surface area contributed by atoms with Crippen molar-refractivity contribution >= 4 is 14.8 Å². The molecule has 1 fully saturated rings. The van der Waals surface area contributed by atoms with E-state index in [9.17, 15) is 4.79 Å². The number of unbranched alkanes of at least 4 members (excludes halogenated alkanes) is 1. The smallest absolute Gasteiger partial charge is 0.171 e. The molecular weight excluding hydrogens is 240 g/mol. The summed E-state index contributed by atoms with van der Waals surface area (Å²) in [6, 6.07) is 0. The van der Waals surface area contributed by atoms with E-state index in [1.165, 1.54) is 6.42 Å². The van der Waals surface area contributed by atoms with Crippen molar-refractivity contribution in [2.24, 2.45) is 11.3 Å². The lowest BCUT2D eigenvalue weighted by Crippen LogP contribution is -2.57. The highest BCUT2D eigenvalue weighted by atomic mass is 28.3. The van der Waals surface area contributed by atoms with Crippen LogP contribution in [-0.2, 0) is 9.22 Å². The van der Waals surface area contributed by atoms with Crippen LogP contribution in [0.2, 0.25) is 13.1 Å². The summed E-state index contributed by atoms with van der Waals surface area (Å²) in [5.41, 5.74) is -0.510. The Morgan fingerprint density at radius 1 is 1.39 bits per heavy atom. The van der Waals surface area contributed by atoms with Crippen LogP contribution in [0.3, 0.4) is 0 Å². The van der Waals surface area contributed by atoms with Crippen LogP contribution < -0.4 is 0 Å². The van der Waals surface area contributed by atoms with Gasteiger partial charge < -0.3 is 4.43 Å². The monoisotopic (exact) mass is 270 g/mol. The van der Waals surface area contributed by atoms with Gasteiger partial charge in [-0.25, -0.2) is 0 Å². The van der Waals surface area contributed by atoms with Gasteiger partial charge in [-0.2, -0.15) is 0 Å². The highest BCUT2D eigenvalue weighted by Gasteiger charge is 2.54. The van der Waals surface area contributed by atoms with Gasteiger partial charge in [0.1, 0.15) is 5.78 Å². The molecule has 2 unspecified atom stereocenters. The number of carbonyl (C=O) groups excluding carboxylic acids is 1. The molecule has 0 amide bonds. The molecule has 0 aliphatic heterocycles. The molecule has 1 aliphatic rings. The highest BCUT2D eigenvalue weighted by Crippen LogP contribution is 2.49. The summed E-state index contributed by atoms with van der Waals surface area (Å²) in [5, 5.41) is 0. The average molecular weight is 270 g/mol. The number of hydrogen-bond donors (Lipinski definition) is 0. The molecule has 0 heterocycles. The molecule has 106 valence electrons. The molecule has 18 heavy (non-hydrogen) atoms. The quantitative estimate of drug-likeness (QED) is 0.707. The second-order valence-corrected chi connectivity index (χ2v) is 9.03. The topological polar surface area (TPSA) is 26.3 Å². The number of ketones is 1. The molecule has 0 aromatic heterocycles. The first-order valence-corrected chi connectivity index (χ1v) is 10.3. The fourth-order valence-electron chi connectivity index (χ4n) is 3.35. The summed E-state index contributed by atoms with van der Waals surface area (Å²) in [5.74, 6) is 0.603. The lowest BCUT2D eigenvalue weighted by atomic mass is 9.60. The van der Waals surface area contributed by atoms with Gasteiger partial charge in [-0.3, -0.25) is 4.79 Å². The van der Waals surface area contributed by atoms with Crippen LogP contribution in [-0.4, -0.2) is 20.4 Å². The Hall–Kier alpha value is -0.153. The second-order valence-electron chi connectivity index (χ2n) is 6.69. The van der Waals surface area contributed by atoms with Crippen molar-refractivity contribution in [3.05, 3.63) is 0 Å². The third-order valence-corrected chi connectivity index (χ3v) is 5.50. The van der Waals surface area contributed by atoms with Gasteiger partial charge in [-0.15, -0.1) is 0 Å². The van der Waals surface area contributed by atoms with Gasteiger partial charge in [0.25, 0.3) is 0 Å². The van der Waals surface area contributed by atoms with E-state index in [1.807, 2.05) is 0 Å². The molecule has 0 N–H and O–H groups in total. The molecule has 0 aromatic rings. The van der Waals surface area contributed by atoms with E-state index in [1.54, 1.807) is 0 Å². The molecule has 0 saturated heterocycles. The van der Waals surface area contributed by atoms with Crippen molar-refractivity contribution < 1.29 is 9.22 Å². The molecule has 2 atom stereocenters. The maximum atomic E-state index is 12.5. The second kappa shape index (κ2) is 5.87. The van der Waals surface area contributed by atoms with Gasteiger partial charge in [0.15, 0.2) is 9.04 Å². The summed E-state index contributed by atoms with van der Waals surface area (Å²) in [7, 11) is -1.14. The van der Waals surface area contributed by atoms with Crippen molar-refractivity contribution in [2.45, 2.75) is 78.5 Å². The maximum Gasteiger partial charge on any atom is 0.171 e. The zero-order valence-corrected chi connectivity index (χ0v) is 14.2. The first kappa shape index (κ1) is 15.9. The van der Waals surface area contributed by atoms with Crippen molar-refractivity contribution in [3.63, 3.8) is 0 Å². The van der Waals surface area contributed by atoms with Crippen molar-refractivity contribution in [1.82, 2.24) is 0 Å². The third-order valence-electron chi connectivity index (χ3n) is 4.58. The molecule has 0 aromatic carbocycles. The minimum atomic E-state index is -1.14. The van der Waals surface area contributed by atoms with Crippen LogP contribution >= 0.6 is 0 Å². The van der Waals surface area contributed by atoms with Crippen molar-refractivity contribution in [2.75, 3.05) is 0 Å². The van der Waals surface area contributed by atoms with Crippen molar-refractivity contribution in [1.29, 1.82) is 0 Å². The Kier molecular flexibility index (Phi) is 5.19. The van der Waals surface area contributed by atoms with E-state index >= 15 is 0 Å². The first-order valence-electron chi connectivity index (χ1n) is 7.49. The van der Waals surface area contributed by atoms with Crippen LogP contribution in [0.1, 0.15) is 59.8 Å². The molecule has 1 saturated carbocycles. The highest BCUT2D eigenvalue weighted by molar-refractivity contribution is 6.48. The van der Waals surface area contributed by atoms with E-state index in [2.05, 4.69) is 40.8 Å². The molecule has 3 heteroatoms. The summed E-state index contributed by atoms with van der Waals surface area (Å²) in [6.07, 6.45) is 5.42. The van der Waals surface area contributed by atoms with Gasteiger partial charge in [-0.05, 0) is 32.4 Å². The van der Waals surface area contributed by atoms with Crippen LogP contribution in [0.5, 0.6) is 0 Å². The SMILES string of the molecule is CCCCC1(O[SiH](C)C)CCC(C)C(=O)C1(C)C. The van der Waals surface area contributed by atoms with Crippen LogP contribution in [0.15, 0.2) is 0 Å². The maximum absolute atomic E-state index is 12.5. The fourth-order valence-corrected chi connectivity index (χ4v) is 4.78. The normalized spacial score (nSPS) is 31.9. The fraction of sp³-hybridized carbons (Fsp3) is 0.933. The Bertz CT molecular complexity index is 295. The van der Waals surface area contributed by atoms with Gasteiger partial charge >= 0.3 is 0 Å². The van der Waals surface area contributed by atoms with Crippen LogP contribution in [0, 0.1) is 11.3 Å². The zero-order chi connectivity index (χ0) is 14.0. The molecule has 2 nitrogen and oxygen atoms in total. The number of Topliss-reactive ketones (excluding diaryl/α,β-unsaturated/α-hetero) is 1. The van der Waals surface area contributed by atoms with Crippen LogP contribution in [0.25, 0.3) is 0 Å². The molecule has 0 bridgehead atoms. The minimum absolute atomic E-state index is 0.188. The summed E-state index contributed by atoms with van der Waals surface area (Å²) >= 11 is 0. The lowest BCUT2D eigenvalue weighted by Gasteiger charge is -2.52. The zero-order valence-electron chi connectivity index (χ0n) is 13.0.